The molecule has 0 bridgehead atoms. The molecule has 1 aromatic carbocycles. The number of methoxy groups -OCH3 is 1. The van der Waals surface area contributed by atoms with Crippen molar-refractivity contribution in [3.63, 3.8) is 0 Å². The molecule has 1 aromatic heterocycles. The molecule has 0 radical (unpaired) electrons. The monoisotopic (exact) mass is 281 g/mol. The molecular weight excluding hydrogens is 270 g/mol. The smallest absolute Gasteiger partial charge is 0.169 e. The molecule has 16 heavy (non-hydrogen) atoms. The van der Waals surface area contributed by atoms with Gasteiger partial charge < -0.3 is 14.5 Å². The predicted molar refractivity (Wildman–Crippen MR) is 66.7 cm³/mol. The Morgan fingerprint density at radius 2 is 2.06 bits per heavy atom. The highest BCUT2D eigenvalue weighted by atomic mass is 79.9. The molecule has 0 saturated heterocycles. The van der Waals surface area contributed by atoms with Gasteiger partial charge in [0, 0.05) is 0 Å². The van der Waals surface area contributed by atoms with Crippen molar-refractivity contribution >= 4 is 21.6 Å². The Bertz CT molecular complexity index is 468. The molecule has 0 amide bonds. The Morgan fingerprint density at radius 1 is 1.25 bits per heavy atom. The highest BCUT2D eigenvalue weighted by molar-refractivity contribution is 9.10. The van der Waals surface area contributed by atoms with Crippen molar-refractivity contribution in [2.45, 2.75) is 6.54 Å². The number of rotatable bonds is 4. The van der Waals surface area contributed by atoms with Crippen LogP contribution in [0, 0.1) is 0 Å². The van der Waals surface area contributed by atoms with Gasteiger partial charge in [-0.05, 0) is 40.2 Å². The summed E-state index contributed by atoms with van der Waals surface area (Å²) < 4.78 is 11.4. The molecule has 1 heterocycles. The first-order valence-corrected chi connectivity index (χ1v) is 5.70. The van der Waals surface area contributed by atoms with E-state index in [1.165, 1.54) is 0 Å². The lowest BCUT2D eigenvalue weighted by Gasteiger charge is -2.09. The second kappa shape index (κ2) is 5.07. The maximum absolute atomic E-state index is 5.39. The van der Waals surface area contributed by atoms with Gasteiger partial charge in [-0.25, -0.2) is 0 Å². The van der Waals surface area contributed by atoms with Crippen LogP contribution in [0.2, 0.25) is 0 Å². The fraction of sp³-hybridized carbons (Fsp3) is 0.167. The third-order valence-corrected chi connectivity index (χ3v) is 2.62. The second-order valence-electron chi connectivity index (χ2n) is 3.26. The molecule has 0 aliphatic rings. The topological polar surface area (TPSA) is 34.4 Å². The van der Waals surface area contributed by atoms with Gasteiger partial charge in [-0.15, -0.1) is 0 Å². The van der Waals surface area contributed by atoms with Gasteiger partial charge in [0.15, 0.2) is 4.67 Å². The lowest BCUT2D eigenvalue weighted by atomic mass is 10.3. The first-order chi connectivity index (χ1) is 7.79. The Balaban J connectivity index is 2.04. The molecule has 0 saturated carbocycles. The third kappa shape index (κ3) is 2.58. The van der Waals surface area contributed by atoms with Crippen LogP contribution in [0.15, 0.2) is 45.5 Å². The van der Waals surface area contributed by atoms with E-state index in [1.807, 2.05) is 36.4 Å². The van der Waals surface area contributed by atoms with Crippen molar-refractivity contribution in [1.82, 2.24) is 0 Å². The first kappa shape index (κ1) is 11.1. The van der Waals surface area contributed by atoms with Crippen LogP contribution < -0.4 is 10.1 Å². The van der Waals surface area contributed by atoms with Gasteiger partial charge >= 0.3 is 0 Å². The number of anilines is 1. The fourth-order valence-corrected chi connectivity index (χ4v) is 1.76. The van der Waals surface area contributed by atoms with Crippen LogP contribution in [0.1, 0.15) is 5.76 Å². The van der Waals surface area contributed by atoms with E-state index in [0.717, 1.165) is 21.9 Å². The highest BCUT2D eigenvalue weighted by Crippen LogP contribution is 2.24. The number of furan rings is 1. The number of para-hydroxylation sites is 2. The average molecular weight is 282 g/mol. The SMILES string of the molecule is COc1ccccc1NCc1ccc(Br)o1. The summed E-state index contributed by atoms with van der Waals surface area (Å²) >= 11 is 3.27. The lowest BCUT2D eigenvalue weighted by molar-refractivity contribution is 0.416. The molecule has 0 aliphatic carbocycles. The molecule has 0 fully saturated rings. The molecule has 84 valence electrons. The summed E-state index contributed by atoms with van der Waals surface area (Å²) in [6, 6.07) is 11.6. The summed E-state index contributed by atoms with van der Waals surface area (Å²) in [5, 5.41) is 3.25. The Hall–Kier alpha value is -1.42. The van der Waals surface area contributed by atoms with E-state index in [1.54, 1.807) is 7.11 Å². The van der Waals surface area contributed by atoms with Crippen molar-refractivity contribution in [2.24, 2.45) is 0 Å². The maximum atomic E-state index is 5.39. The second-order valence-corrected chi connectivity index (χ2v) is 4.04. The van der Waals surface area contributed by atoms with Crippen LogP contribution in [0.3, 0.4) is 0 Å². The number of benzene rings is 1. The number of halogens is 1. The third-order valence-electron chi connectivity index (χ3n) is 2.19. The number of hydrogen-bond acceptors (Lipinski definition) is 3. The quantitative estimate of drug-likeness (QED) is 0.929. The summed E-state index contributed by atoms with van der Waals surface area (Å²) in [5.74, 6) is 1.70. The zero-order valence-electron chi connectivity index (χ0n) is 8.87. The molecule has 0 spiro atoms. The van der Waals surface area contributed by atoms with Crippen molar-refractivity contribution in [1.29, 1.82) is 0 Å². The highest BCUT2D eigenvalue weighted by Gasteiger charge is 2.03. The molecule has 2 rings (SSSR count). The van der Waals surface area contributed by atoms with Gasteiger partial charge in [-0.1, -0.05) is 12.1 Å². The standard InChI is InChI=1S/C12H12BrNO2/c1-15-11-5-3-2-4-10(11)14-8-9-6-7-12(13)16-9/h2-7,14H,8H2,1H3. The van der Waals surface area contributed by atoms with E-state index >= 15 is 0 Å². The lowest BCUT2D eigenvalue weighted by Crippen LogP contribution is -1.99. The van der Waals surface area contributed by atoms with E-state index in [4.69, 9.17) is 9.15 Å². The number of ether oxygens (including phenoxy) is 1. The van der Waals surface area contributed by atoms with Crippen LogP contribution in [-0.2, 0) is 6.54 Å². The fourth-order valence-electron chi connectivity index (χ4n) is 1.42. The van der Waals surface area contributed by atoms with Crippen LogP contribution in [0.25, 0.3) is 0 Å². The van der Waals surface area contributed by atoms with Crippen molar-refractivity contribution < 1.29 is 9.15 Å². The maximum Gasteiger partial charge on any atom is 0.169 e. The minimum atomic E-state index is 0.631. The summed E-state index contributed by atoms with van der Waals surface area (Å²) in [6.45, 7) is 0.631. The first-order valence-electron chi connectivity index (χ1n) is 4.90. The number of hydrogen-bond donors (Lipinski definition) is 1. The van der Waals surface area contributed by atoms with Gasteiger partial charge in [0.1, 0.15) is 11.5 Å². The van der Waals surface area contributed by atoms with Crippen LogP contribution >= 0.6 is 15.9 Å². The van der Waals surface area contributed by atoms with Crippen LogP contribution in [0.4, 0.5) is 5.69 Å². The normalized spacial score (nSPS) is 10.1. The summed E-state index contributed by atoms with van der Waals surface area (Å²) in [6.07, 6.45) is 0. The Labute approximate surface area is 103 Å². The molecule has 0 aliphatic heterocycles. The predicted octanol–water partition coefficient (Wildman–Crippen LogP) is 3.66. The van der Waals surface area contributed by atoms with Gasteiger partial charge in [0.05, 0.1) is 19.3 Å². The minimum Gasteiger partial charge on any atom is -0.495 e. The van der Waals surface area contributed by atoms with Crippen molar-refractivity contribution in [3.8, 4) is 5.75 Å². The van der Waals surface area contributed by atoms with E-state index in [9.17, 15) is 0 Å². The molecule has 0 atom stereocenters. The van der Waals surface area contributed by atoms with E-state index in [-0.39, 0.29) is 0 Å². The van der Waals surface area contributed by atoms with E-state index < -0.39 is 0 Å². The minimum absolute atomic E-state index is 0.631. The average Bonchev–Trinajstić information content (AvgIpc) is 2.73. The van der Waals surface area contributed by atoms with Gasteiger partial charge in [-0.3, -0.25) is 0 Å². The van der Waals surface area contributed by atoms with Gasteiger partial charge in [-0.2, -0.15) is 0 Å². The van der Waals surface area contributed by atoms with Crippen molar-refractivity contribution in [3.05, 3.63) is 46.8 Å². The molecule has 0 unspecified atom stereocenters. The molecule has 4 heteroatoms. The van der Waals surface area contributed by atoms with Crippen molar-refractivity contribution in [2.75, 3.05) is 12.4 Å². The Morgan fingerprint density at radius 3 is 2.75 bits per heavy atom. The van der Waals surface area contributed by atoms with Gasteiger partial charge in [0.25, 0.3) is 0 Å². The molecular formula is C12H12BrNO2. The summed E-state index contributed by atoms with van der Waals surface area (Å²) in [4.78, 5) is 0. The summed E-state index contributed by atoms with van der Waals surface area (Å²) in [5.41, 5.74) is 0.956. The Kier molecular flexibility index (Phi) is 3.51. The van der Waals surface area contributed by atoms with E-state index in [0.29, 0.717) is 6.54 Å². The molecule has 2 aromatic rings. The summed E-state index contributed by atoms with van der Waals surface area (Å²) in [7, 11) is 1.66. The van der Waals surface area contributed by atoms with Crippen LogP contribution in [-0.4, -0.2) is 7.11 Å². The van der Waals surface area contributed by atoms with E-state index in [2.05, 4.69) is 21.2 Å². The zero-order chi connectivity index (χ0) is 11.4. The van der Waals surface area contributed by atoms with Gasteiger partial charge in [0.2, 0.25) is 0 Å². The number of nitrogens with one attached hydrogen (secondary N) is 1. The largest absolute Gasteiger partial charge is 0.495 e. The zero-order valence-corrected chi connectivity index (χ0v) is 10.5. The molecule has 3 nitrogen and oxygen atoms in total. The molecule has 1 N–H and O–H groups in total. The van der Waals surface area contributed by atoms with Crippen LogP contribution in [0.5, 0.6) is 5.75 Å².